The van der Waals surface area contributed by atoms with Crippen molar-refractivity contribution in [3.8, 4) is 0 Å². The summed E-state index contributed by atoms with van der Waals surface area (Å²) < 4.78 is 25.2. The van der Waals surface area contributed by atoms with Gasteiger partial charge in [0.05, 0.1) is 5.75 Å². The van der Waals surface area contributed by atoms with E-state index < -0.39 is 27.8 Å². The van der Waals surface area contributed by atoms with Gasteiger partial charge in [-0.1, -0.05) is 24.6 Å². The van der Waals surface area contributed by atoms with Gasteiger partial charge in [0, 0.05) is 21.4 Å². The molecule has 1 aromatic rings. The van der Waals surface area contributed by atoms with Gasteiger partial charge in [-0.3, -0.25) is 9.00 Å². The first-order valence-corrected chi connectivity index (χ1v) is 6.75. The quantitative estimate of drug-likeness (QED) is 0.901. The van der Waals surface area contributed by atoms with E-state index in [0.29, 0.717) is 0 Å². The Balaban J connectivity index is 2.84. The van der Waals surface area contributed by atoms with Gasteiger partial charge < -0.3 is 5.11 Å². The molecule has 0 amide bonds. The SMILES string of the molecule is CCC(C(=O)O)S(=O)Cc1ccc(Cl)cc1F. The van der Waals surface area contributed by atoms with E-state index in [-0.39, 0.29) is 22.8 Å². The van der Waals surface area contributed by atoms with Gasteiger partial charge in [0.15, 0.2) is 0 Å². The lowest BCUT2D eigenvalue weighted by atomic mass is 10.2. The van der Waals surface area contributed by atoms with Crippen molar-refractivity contribution in [2.75, 3.05) is 0 Å². The molecular formula is C11H12ClFO3S. The topological polar surface area (TPSA) is 54.4 Å². The Labute approximate surface area is 106 Å². The van der Waals surface area contributed by atoms with Crippen LogP contribution in [0.1, 0.15) is 18.9 Å². The smallest absolute Gasteiger partial charge is 0.319 e. The summed E-state index contributed by atoms with van der Waals surface area (Å²) in [5.74, 6) is -1.81. The molecule has 0 aliphatic rings. The molecule has 0 radical (unpaired) electrons. The summed E-state index contributed by atoms with van der Waals surface area (Å²) in [5.41, 5.74) is 0.215. The Morgan fingerprint density at radius 1 is 1.59 bits per heavy atom. The van der Waals surface area contributed by atoms with Crippen LogP contribution in [0.25, 0.3) is 0 Å². The zero-order valence-corrected chi connectivity index (χ0v) is 10.7. The lowest BCUT2D eigenvalue weighted by Crippen LogP contribution is -2.25. The molecule has 1 aromatic carbocycles. The van der Waals surface area contributed by atoms with Crippen molar-refractivity contribution in [2.24, 2.45) is 0 Å². The van der Waals surface area contributed by atoms with Crippen LogP contribution >= 0.6 is 11.6 Å². The summed E-state index contributed by atoms with van der Waals surface area (Å²) in [5, 5.41) is 8.11. The fourth-order valence-electron chi connectivity index (χ4n) is 1.37. The van der Waals surface area contributed by atoms with Crippen molar-refractivity contribution < 1.29 is 18.5 Å². The monoisotopic (exact) mass is 278 g/mol. The number of aliphatic carboxylic acids is 1. The fourth-order valence-corrected chi connectivity index (χ4v) is 2.86. The lowest BCUT2D eigenvalue weighted by Gasteiger charge is -2.10. The maximum atomic E-state index is 13.4. The van der Waals surface area contributed by atoms with Crippen LogP contribution in [0.15, 0.2) is 18.2 Å². The molecule has 0 heterocycles. The summed E-state index contributed by atoms with van der Waals surface area (Å²) in [4.78, 5) is 10.8. The Hall–Kier alpha value is -0.940. The highest BCUT2D eigenvalue weighted by atomic mass is 35.5. The third-order valence-corrected chi connectivity index (χ3v) is 4.28. The molecule has 6 heteroatoms. The molecule has 0 aromatic heterocycles. The van der Waals surface area contributed by atoms with Crippen molar-refractivity contribution >= 4 is 28.4 Å². The second-order valence-corrected chi connectivity index (χ2v) is 5.55. The Kier molecular flexibility index (Phi) is 5.08. The Morgan fingerprint density at radius 2 is 2.24 bits per heavy atom. The number of carboxylic acids is 1. The second kappa shape index (κ2) is 6.12. The van der Waals surface area contributed by atoms with Gasteiger partial charge in [-0.05, 0) is 18.6 Å². The third-order valence-electron chi connectivity index (χ3n) is 2.28. The largest absolute Gasteiger partial charge is 0.480 e. The van der Waals surface area contributed by atoms with E-state index in [1.807, 2.05) is 0 Å². The number of hydrogen-bond acceptors (Lipinski definition) is 2. The van der Waals surface area contributed by atoms with E-state index in [1.165, 1.54) is 12.1 Å². The molecule has 1 N–H and O–H groups in total. The van der Waals surface area contributed by atoms with Gasteiger partial charge in [-0.15, -0.1) is 0 Å². The highest BCUT2D eigenvalue weighted by Gasteiger charge is 2.23. The predicted octanol–water partition coefficient (Wildman–Crippen LogP) is 2.59. The van der Waals surface area contributed by atoms with E-state index in [1.54, 1.807) is 6.92 Å². The number of hydrogen-bond donors (Lipinski definition) is 1. The first kappa shape index (κ1) is 14.1. The standard InChI is InChI=1S/C11H12ClFO3S/c1-2-10(11(14)15)17(16)6-7-3-4-8(12)5-9(7)13/h3-5,10H,2,6H2,1H3,(H,14,15). The average Bonchev–Trinajstić information content (AvgIpc) is 2.22. The minimum absolute atomic E-state index is 0.117. The van der Waals surface area contributed by atoms with Gasteiger partial charge in [0.25, 0.3) is 0 Å². The molecule has 94 valence electrons. The van der Waals surface area contributed by atoms with Crippen molar-refractivity contribution in [1.29, 1.82) is 0 Å². The third kappa shape index (κ3) is 3.78. The van der Waals surface area contributed by atoms with Gasteiger partial charge >= 0.3 is 5.97 Å². The van der Waals surface area contributed by atoms with Crippen LogP contribution in [0.2, 0.25) is 5.02 Å². The number of rotatable bonds is 5. The normalized spacial score (nSPS) is 14.3. The minimum atomic E-state index is -1.64. The zero-order chi connectivity index (χ0) is 13.0. The molecule has 0 saturated carbocycles. The van der Waals surface area contributed by atoms with Crippen molar-refractivity contribution in [3.63, 3.8) is 0 Å². The van der Waals surface area contributed by atoms with Crippen LogP contribution in [0.3, 0.4) is 0 Å². The Bertz CT molecular complexity index is 450. The van der Waals surface area contributed by atoms with E-state index in [0.717, 1.165) is 6.07 Å². The van der Waals surface area contributed by atoms with Gasteiger partial charge in [0.1, 0.15) is 11.1 Å². The molecule has 0 fully saturated rings. The van der Waals surface area contributed by atoms with Crippen molar-refractivity contribution in [2.45, 2.75) is 24.3 Å². The number of halogens is 2. The maximum absolute atomic E-state index is 13.4. The van der Waals surface area contributed by atoms with Gasteiger partial charge in [-0.25, -0.2) is 4.39 Å². The molecule has 2 unspecified atom stereocenters. The second-order valence-electron chi connectivity index (χ2n) is 3.50. The first-order chi connectivity index (χ1) is 7.95. The molecule has 0 saturated heterocycles. The maximum Gasteiger partial charge on any atom is 0.319 e. The molecular weight excluding hydrogens is 267 g/mol. The fraction of sp³-hybridized carbons (Fsp3) is 0.364. The van der Waals surface area contributed by atoms with Gasteiger partial charge in [-0.2, -0.15) is 0 Å². The van der Waals surface area contributed by atoms with Crippen molar-refractivity contribution in [3.05, 3.63) is 34.6 Å². The average molecular weight is 279 g/mol. The first-order valence-electron chi connectivity index (χ1n) is 4.99. The summed E-state index contributed by atoms with van der Waals surface area (Å²) in [7, 11) is -1.64. The summed E-state index contributed by atoms with van der Waals surface area (Å²) in [6.45, 7) is 1.63. The number of carboxylic acid groups (broad SMARTS) is 1. The summed E-state index contributed by atoms with van der Waals surface area (Å²) in [6.07, 6.45) is 0.247. The van der Waals surface area contributed by atoms with Crippen LogP contribution in [0.5, 0.6) is 0 Å². The highest BCUT2D eigenvalue weighted by Crippen LogP contribution is 2.17. The van der Waals surface area contributed by atoms with Crippen LogP contribution < -0.4 is 0 Å². The van der Waals surface area contributed by atoms with E-state index in [4.69, 9.17) is 16.7 Å². The summed E-state index contributed by atoms with van der Waals surface area (Å²) >= 11 is 5.58. The number of carbonyl (C=O) groups is 1. The van der Waals surface area contributed by atoms with Crippen molar-refractivity contribution in [1.82, 2.24) is 0 Å². The van der Waals surface area contributed by atoms with Crippen LogP contribution in [-0.4, -0.2) is 20.5 Å². The molecule has 3 nitrogen and oxygen atoms in total. The van der Waals surface area contributed by atoms with Crippen LogP contribution in [-0.2, 0) is 21.3 Å². The van der Waals surface area contributed by atoms with Crippen LogP contribution in [0, 0.1) is 5.82 Å². The molecule has 0 spiro atoms. The molecule has 1 rings (SSSR count). The molecule has 0 aliphatic carbocycles. The Morgan fingerprint density at radius 3 is 2.71 bits per heavy atom. The molecule has 0 aliphatic heterocycles. The highest BCUT2D eigenvalue weighted by molar-refractivity contribution is 7.85. The zero-order valence-electron chi connectivity index (χ0n) is 9.15. The minimum Gasteiger partial charge on any atom is -0.480 e. The van der Waals surface area contributed by atoms with Crippen LogP contribution in [0.4, 0.5) is 4.39 Å². The molecule has 17 heavy (non-hydrogen) atoms. The van der Waals surface area contributed by atoms with E-state index >= 15 is 0 Å². The predicted molar refractivity (Wildman–Crippen MR) is 65.0 cm³/mol. The summed E-state index contributed by atoms with van der Waals surface area (Å²) in [6, 6.07) is 4.03. The van der Waals surface area contributed by atoms with E-state index in [2.05, 4.69) is 0 Å². The molecule has 2 atom stereocenters. The molecule has 0 bridgehead atoms. The number of benzene rings is 1. The lowest BCUT2D eigenvalue weighted by molar-refractivity contribution is -0.136. The van der Waals surface area contributed by atoms with E-state index in [9.17, 15) is 13.4 Å². The van der Waals surface area contributed by atoms with Gasteiger partial charge in [0.2, 0.25) is 0 Å².